The van der Waals surface area contributed by atoms with E-state index in [0.717, 1.165) is 19.0 Å². The number of hydrogen-bond donors (Lipinski definition) is 1. The van der Waals surface area contributed by atoms with Gasteiger partial charge in [-0.25, -0.2) is 0 Å². The summed E-state index contributed by atoms with van der Waals surface area (Å²) in [7, 11) is 2.10. The van der Waals surface area contributed by atoms with Crippen LogP contribution in [0.1, 0.15) is 37.4 Å². The van der Waals surface area contributed by atoms with Gasteiger partial charge in [-0.3, -0.25) is 4.99 Å². The first-order chi connectivity index (χ1) is 8.84. The molecule has 0 bridgehead atoms. The summed E-state index contributed by atoms with van der Waals surface area (Å²) in [4.78, 5) is 6.68. The zero-order valence-corrected chi connectivity index (χ0v) is 11.6. The minimum atomic E-state index is 0.454. The highest BCUT2D eigenvalue weighted by atomic mass is 15.3. The Labute approximate surface area is 110 Å². The fourth-order valence-electron chi connectivity index (χ4n) is 2.55. The van der Waals surface area contributed by atoms with Crippen molar-refractivity contribution in [1.82, 2.24) is 10.2 Å². The molecule has 2 aliphatic rings. The average molecular weight is 245 g/mol. The van der Waals surface area contributed by atoms with Gasteiger partial charge in [-0.15, -0.1) is 0 Å². The minimum absolute atomic E-state index is 0.454. The summed E-state index contributed by atoms with van der Waals surface area (Å²) in [5, 5.41) is 3.56. The van der Waals surface area contributed by atoms with E-state index in [1.165, 1.54) is 24.0 Å². The lowest BCUT2D eigenvalue weighted by Gasteiger charge is -2.20. The summed E-state index contributed by atoms with van der Waals surface area (Å²) in [5.74, 6) is 1.06. The molecule has 1 aromatic carbocycles. The molecule has 3 nitrogen and oxygen atoms in total. The Hall–Kier alpha value is -1.51. The van der Waals surface area contributed by atoms with E-state index < -0.39 is 0 Å². The van der Waals surface area contributed by atoms with Crippen molar-refractivity contribution < 1.29 is 0 Å². The van der Waals surface area contributed by atoms with Crippen LogP contribution in [0.4, 0.5) is 0 Å². The maximum atomic E-state index is 4.48. The van der Waals surface area contributed by atoms with E-state index in [0.29, 0.717) is 6.04 Å². The van der Waals surface area contributed by atoms with Crippen LogP contribution >= 0.6 is 0 Å². The maximum Gasteiger partial charge on any atom is 0.194 e. The smallest absolute Gasteiger partial charge is 0.194 e. The summed E-state index contributed by atoms with van der Waals surface area (Å²) in [6.07, 6.45) is 2.37. The monoisotopic (exact) mass is 245 g/mol. The Morgan fingerprint density at radius 1 is 1.28 bits per heavy atom. The van der Waals surface area contributed by atoms with E-state index in [9.17, 15) is 0 Å². The van der Waals surface area contributed by atoms with E-state index in [1.807, 2.05) is 13.8 Å². The highest BCUT2D eigenvalue weighted by Crippen LogP contribution is 2.30. The van der Waals surface area contributed by atoms with Gasteiger partial charge in [0.25, 0.3) is 0 Å². The lowest BCUT2D eigenvalue weighted by molar-refractivity contribution is 0.511. The highest BCUT2D eigenvalue weighted by Gasteiger charge is 2.24. The van der Waals surface area contributed by atoms with Crippen LogP contribution in [0.25, 0.3) is 0 Å². The number of hydrogen-bond acceptors (Lipinski definition) is 3. The van der Waals surface area contributed by atoms with Crippen molar-refractivity contribution in [1.29, 1.82) is 0 Å². The summed E-state index contributed by atoms with van der Waals surface area (Å²) >= 11 is 0. The Morgan fingerprint density at radius 3 is 2.78 bits per heavy atom. The van der Waals surface area contributed by atoms with Crippen LogP contribution in [0.15, 0.2) is 29.3 Å². The second kappa shape index (κ2) is 5.89. The van der Waals surface area contributed by atoms with Gasteiger partial charge >= 0.3 is 0 Å². The van der Waals surface area contributed by atoms with Crippen molar-refractivity contribution >= 4 is 5.96 Å². The Bertz CT molecular complexity index is 426. The largest absolute Gasteiger partial charge is 0.349 e. The normalized spacial score (nSPS) is 20.9. The van der Waals surface area contributed by atoms with Gasteiger partial charge in [0, 0.05) is 13.6 Å². The third kappa shape index (κ3) is 2.50. The van der Waals surface area contributed by atoms with Crippen molar-refractivity contribution in [3.63, 3.8) is 0 Å². The molecule has 1 aromatic rings. The van der Waals surface area contributed by atoms with Gasteiger partial charge in [-0.1, -0.05) is 38.1 Å². The summed E-state index contributed by atoms with van der Waals surface area (Å²) in [6.45, 7) is 5.96. The molecule has 1 heterocycles. The molecule has 0 aromatic heterocycles. The van der Waals surface area contributed by atoms with Crippen LogP contribution in [0.2, 0.25) is 0 Å². The van der Waals surface area contributed by atoms with Gasteiger partial charge in [-0.05, 0) is 24.0 Å². The quantitative estimate of drug-likeness (QED) is 0.823. The highest BCUT2D eigenvalue weighted by molar-refractivity contribution is 5.81. The standard InChI is InChI=1S/C13H17N3.C2H6/c1-16-9-8-14-13(16)15-12-7-6-10-4-2-3-5-11(10)12;1-2/h2-5,12H,6-9H2,1H3,(H,14,15);1-2H3. The van der Waals surface area contributed by atoms with Crippen LogP contribution in [0.5, 0.6) is 0 Å². The second-order valence-electron chi connectivity index (χ2n) is 4.56. The van der Waals surface area contributed by atoms with Crippen LogP contribution in [-0.2, 0) is 6.42 Å². The van der Waals surface area contributed by atoms with Gasteiger partial charge in [-0.2, -0.15) is 0 Å². The molecule has 0 saturated carbocycles. The zero-order chi connectivity index (χ0) is 13.0. The summed E-state index contributed by atoms with van der Waals surface area (Å²) in [6, 6.07) is 9.17. The Morgan fingerprint density at radius 2 is 2.06 bits per heavy atom. The molecule has 0 spiro atoms. The first-order valence-electron chi connectivity index (χ1n) is 6.94. The average Bonchev–Trinajstić information content (AvgIpc) is 3.01. The van der Waals surface area contributed by atoms with Gasteiger partial charge in [0.15, 0.2) is 5.96 Å². The number of guanidine groups is 1. The van der Waals surface area contributed by atoms with Gasteiger partial charge in [0.1, 0.15) is 0 Å². The lowest BCUT2D eigenvalue weighted by atomic mass is 10.1. The molecule has 98 valence electrons. The van der Waals surface area contributed by atoms with Crippen LogP contribution in [0.3, 0.4) is 0 Å². The number of benzene rings is 1. The molecule has 3 heteroatoms. The predicted octanol–water partition coefficient (Wildman–Crippen LogP) is 2.59. The van der Waals surface area contributed by atoms with Crippen molar-refractivity contribution in [3.8, 4) is 0 Å². The molecular weight excluding hydrogens is 222 g/mol. The molecule has 3 rings (SSSR count). The molecule has 1 N–H and O–H groups in total. The van der Waals surface area contributed by atoms with E-state index >= 15 is 0 Å². The molecule has 0 amide bonds. The van der Waals surface area contributed by atoms with Crippen LogP contribution < -0.4 is 5.32 Å². The molecule has 1 atom stereocenters. The first-order valence-corrected chi connectivity index (χ1v) is 6.94. The van der Waals surface area contributed by atoms with Crippen molar-refractivity contribution in [2.24, 2.45) is 4.99 Å². The number of likely N-dealkylation sites (N-methyl/N-ethyl adjacent to an activating group) is 1. The van der Waals surface area contributed by atoms with Crippen molar-refractivity contribution in [3.05, 3.63) is 35.4 Å². The first kappa shape index (κ1) is 12.9. The van der Waals surface area contributed by atoms with E-state index in [4.69, 9.17) is 0 Å². The Kier molecular flexibility index (Phi) is 4.24. The number of aliphatic imine (C=N–C) groups is 1. The van der Waals surface area contributed by atoms with Gasteiger partial charge in [0.05, 0.1) is 12.6 Å². The van der Waals surface area contributed by atoms with Crippen LogP contribution in [0, 0.1) is 0 Å². The third-order valence-electron chi connectivity index (χ3n) is 3.49. The SMILES string of the molecule is CC.CN1CCN=C1NC1CCc2ccccc21. The van der Waals surface area contributed by atoms with Gasteiger partial charge < -0.3 is 10.2 Å². The van der Waals surface area contributed by atoms with Gasteiger partial charge in [0.2, 0.25) is 0 Å². The zero-order valence-electron chi connectivity index (χ0n) is 11.6. The van der Waals surface area contributed by atoms with Crippen molar-refractivity contribution in [2.45, 2.75) is 32.7 Å². The third-order valence-corrected chi connectivity index (χ3v) is 3.49. The predicted molar refractivity (Wildman–Crippen MR) is 76.9 cm³/mol. The van der Waals surface area contributed by atoms with Crippen LogP contribution in [-0.4, -0.2) is 31.0 Å². The molecule has 0 fully saturated rings. The number of nitrogens with zero attached hydrogens (tertiary/aromatic N) is 2. The number of nitrogens with one attached hydrogen (secondary N) is 1. The lowest BCUT2D eigenvalue weighted by Crippen LogP contribution is -2.37. The molecule has 0 radical (unpaired) electrons. The number of fused-ring (bicyclic) bond motifs is 1. The summed E-state index contributed by atoms with van der Waals surface area (Å²) < 4.78 is 0. The minimum Gasteiger partial charge on any atom is -0.349 e. The fraction of sp³-hybridized carbons (Fsp3) is 0.533. The molecule has 0 saturated heterocycles. The number of rotatable bonds is 1. The topological polar surface area (TPSA) is 27.6 Å². The molecule has 18 heavy (non-hydrogen) atoms. The maximum absolute atomic E-state index is 4.48. The molecule has 1 unspecified atom stereocenters. The second-order valence-corrected chi connectivity index (χ2v) is 4.56. The van der Waals surface area contributed by atoms with E-state index in [-0.39, 0.29) is 0 Å². The fourth-order valence-corrected chi connectivity index (χ4v) is 2.55. The van der Waals surface area contributed by atoms with E-state index in [2.05, 4.69) is 46.5 Å². The van der Waals surface area contributed by atoms with Crippen molar-refractivity contribution in [2.75, 3.05) is 20.1 Å². The molecular formula is C15H23N3. The molecule has 1 aliphatic heterocycles. The summed E-state index contributed by atoms with van der Waals surface area (Å²) in [5.41, 5.74) is 2.94. The Balaban J connectivity index is 0.000000574. The number of aryl methyl sites for hydroxylation is 1. The molecule has 1 aliphatic carbocycles. The van der Waals surface area contributed by atoms with E-state index in [1.54, 1.807) is 0 Å².